The standard InChI is InChI=1S/C21H17N3OS.C6H4/c1-3-16-10-12-26-20(16)19-21(24-11-5-4-9-18(24)23-19)22-14-15-7-6-8-17(13-15)25-2;1-2-5-4-6(5)3-1/h1,4-13,22H,14H2,2H3;1-4H. The van der Waals surface area contributed by atoms with Gasteiger partial charge in [-0.15, -0.1) is 17.8 Å². The summed E-state index contributed by atoms with van der Waals surface area (Å²) in [5.41, 5.74) is 6.60. The number of terminal acetylenes is 1. The van der Waals surface area contributed by atoms with Gasteiger partial charge in [-0.2, -0.15) is 0 Å². The molecule has 6 rings (SSSR count). The SMILES string of the molecule is C#Cc1ccsc1-c1nc2ccccn2c1NCc1cccc(OC)c1.c1cc2cc-2c1. The van der Waals surface area contributed by atoms with E-state index in [4.69, 9.17) is 16.1 Å². The number of methoxy groups -OCH3 is 1. The molecule has 0 atom stereocenters. The second kappa shape index (κ2) is 8.62. The normalized spacial score (nSPS) is 10.8. The Morgan fingerprint density at radius 2 is 1.88 bits per heavy atom. The van der Waals surface area contributed by atoms with E-state index in [2.05, 4.69) is 46.0 Å². The number of hydrogen-bond acceptors (Lipinski definition) is 4. The first-order chi connectivity index (χ1) is 15.8. The molecule has 0 bridgehead atoms. The van der Waals surface area contributed by atoms with Crippen molar-refractivity contribution in [3.8, 4) is 39.8 Å². The van der Waals surface area contributed by atoms with E-state index in [1.165, 1.54) is 11.1 Å². The summed E-state index contributed by atoms with van der Waals surface area (Å²) in [6.07, 6.45) is 7.66. The first-order valence-corrected chi connectivity index (χ1v) is 11.1. The molecule has 4 nitrogen and oxygen atoms in total. The van der Waals surface area contributed by atoms with Crippen LogP contribution in [0.2, 0.25) is 0 Å². The first-order valence-electron chi connectivity index (χ1n) is 10.3. The Bertz CT molecular complexity index is 1420. The summed E-state index contributed by atoms with van der Waals surface area (Å²) in [5, 5.41) is 5.53. The van der Waals surface area contributed by atoms with Crippen molar-refractivity contribution in [2.45, 2.75) is 6.54 Å². The van der Waals surface area contributed by atoms with Gasteiger partial charge in [0.15, 0.2) is 0 Å². The van der Waals surface area contributed by atoms with Crippen LogP contribution in [0.5, 0.6) is 5.75 Å². The van der Waals surface area contributed by atoms with Gasteiger partial charge in [0.2, 0.25) is 0 Å². The number of ether oxygens (including phenoxy) is 1. The van der Waals surface area contributed by atoms with Crippen molar-refractivity contribution in [3.63, 3.8) is 0 Å². The van der Waals surface area contributed by atoms with Gasteiger partial charge in [0, 0.05) is 18.3 Å². The lowest BCUT2D eigenvalue weighted by Crippen LogP contribution is -2.03. The molecule has 0 saturated carbocycles. The number of benzene rings is 2. The molecule has 32 heavy (non-hydrogen) atoms. The smallest absolute Gasteiger partial charge is 0.139 e. The Morgan fingerprint density at radius 1 is 1.03 bits per heavy atom. The maximum Gasteiger partial charge on any atom is 0.139 e. The zero-order valence-corrected chi connectivity index (χ0v) is 18.4. The highest BCUT2D eigenvalue weighted by Crippen LogP contribution is 2.35. The summed E-state index contributed by atoms with van der Waals surface area (Å²) in [7, 11) is 1.67. The molecular weight excluding hydrogens is 414 g/mol. The van der Waals surface area contributed by atoms with Crippen LogP contribution in [0.4, 0.5) is 5.82 Å². The van der Waals surface area contributed by atoms with Crippen LogP contribution in [0.15, 0.2) is 84.4 Å². The number of rotatable bonds is 5. The highest BCUT2D eigenvalue weighted by atomic mass is 32.1. The maximum atomic E-state index is 5.66. The minimum Gasteiger partial charge on any atom is -0.497 e. The Morgan fingerprint density at radius 3 is 2.59 bits per heavy atom. The van der Waals surface area contributed by atoms with Gasteiger partial charge in [-0.1, -0.05) is 42.3 Å². The molecule has 156 valence electrons. The van der Waals surface area contributed by atoms with Crippen LogP contribution in [0.25, 0.3) is 27.3 Å². The Labute approximate surface area is 191 Å². The van der Waals surface area contributed by atoms with Crippen molar-refractivity contribution in [2.75, 3.05) is 12.4 Å². The molecule has 0 saturated heterocycles. The average Bonchev–Trinajstić information content (AvgIpc) is 3.21. The Hall–Kier alpha value is -4.01. The third kappa shape index (κ3) is 3.96. The second-order valence-corrected chi connectivity index (χ2v) is 8.25. The summed E-state index contributed by atoms with van der Waals surface area (Å²) >= 11 is 1.61. The van der Waals surface area contributed by atoms with Gasteiger partial charge < -0.3 is 10.1 Å². The summed E-state index contributed by atoms with van der Waals surface area (Å²) < 4.78 is 7.36. The molecular formula is C27H21N3OS. The summed E-state index contributed by atoms with van der Waals surface area (Å²) in [5.74, 6) is 4.53. The lowest BCUT2D eigenvalue weighted by molar-refractivity contribution is 0.414. The largest absolute Gasteiger partial charge is 0.497 e. The van der Waals surface area contributed by atoms with E-state index in [0.29, 0.717) is 6.54 Å². The van der Waals surface area contributed by atoms with Crippen molar-refractivity contribution < 1.29 is 4.74 Å². The third-order valence-corrected chi connectivity index (χ3v) is 6.19. The fraction of sp³-hybridized carbons (Fsp3) is 0.0741. The molecule has 0 spiro atoms. The number of nitrogens with one attached hydrogen (secondary N) is 1. The van der Waals surface area contributed by atoms with E-state index in [9.17, 15) is 0 Å². The van der Waals surface area contributed by atoms with E-state index in [1.807, 2.05) is 54.0 Å². The molecule has 0 fully saturated rings. The molecule has 3 heterocycles. The van der Waals surface area contributed by atoms with Crippen molar-refractivity contribution >= 4 is 22.8 Å². The zero-order chi connectivity index (χ0) is 21.9. The van der Waals surface area contributed by atoms with Crippen molar-refractivity contribution in [1.29, 1.82) is 0 Å². The predicted octanol–water partition coefficient (Wildman–Crippen LogP) is 6.33. The number of nitrogens with zero attached hydrogens (tertiary/aromatic N) is 2. The minimum atomic E-state index is 0.656. The number of imidazole rings is 1. The van der Waals surface area contributed by atoms with E-state index in [0.717, 1.165) is 38.9 Å². The van der Waals surface area contributed by atoms with Crippen molar-refractivity contribution in [2.24, 2.45) is 0 Å². The van der Waals surface area contributed by atoms with E-state index in [1.54, 1.807) is 18.4 Å². The van der Waals surface area contributed by atoms with E-state index in [-0.39, 0.29) is 0 Å². The molecule has 0 radical (unpaired) electrons. The minimum absolute atomic E-state index is 0.656. The zero-order valence-electron chi connectivity index (χ0n) is 17.6. The van der Waals surface area contributed by atoms with Gasteiger partial charge in [0.05, 0.1) is 12.0 Å². The second-order valence-electron chi connectivity index (χ2n) is 7.33. The molecule has 2 aliphatic rings. The van der Waals surface area contributed by atoms with Crippen LogP contribution < -0.4 is 10.1 Å². The molecule has 0 unspecified atom stereocenters. The van der Waals surface area contributed by atoms with Gasteiger partial charge in [0.1, 0.15) is 22.9 Å². The summed E-state index contributed by atoms with van der Waals surface area (Å²) in [6.45, 7) is 0.656. The number of anilines is 1. The van der Waals surface area contributed by atoms with E-state index < -0.39 is 0 Å². The summed E-state index contributed by atoms with van der Waals surface area (Å²) in [6, 6.07) is 24.4. The highest BCUT2D eigenvalue weighted by molar-refractivity contribution is 7.13. The number of fused-ring (bicyclic) bond motifs is 2. The van der Waals surface area contributed by atoms with Crippen LogP contribution in [0.3, 0.4) is 0 Å². The van der Waals surface area contributed by atoms with Gasteiger partial charge >= 0.3 is 0 Å². The third-order valence-electron chi connectivity index (χ3n) is 5.27. The van der Waals surface area contributed by atoms with Gasteiger partial charge in [0.25, 0.3) is 0 Å². The van der Waals surface area contributed by atoms with Crippen LogP contribution in [-0.2, 0) is 6.54 Å². The molecule has 1 aromatic carbocycles. The first kappa shape index (κ1) is 19.9. The lowest BCUT2D eigenvalue weighted by Gasteiger charge is -2.09. The summed E-state index contributed by atoms with van der Waals surface area (Å²) in [4.78, 5) is 5.80. The van der Waals surface area contributed by atoms with Crippen molar-refractivity contribution in [1.82, 2.24) is 9.38 Å². The molecule has 2 aliphatic carbocycles. The fourth-order valence-electron chi connectivity index (χ4n) is 3.57. The fourth-order valence-corrected chi connectivity index (χ4v) is 4.42. The number of hydrogen-bond donors (Lipinski definition) is 1. The lowest BCUT2D eigenvalue weighted by atomic mass is 10.2. The molecule has 0 amide bonds. The Kier molecular flexibility index (Phi) is 5.37. The van der Waals surface area contributed by atoms with Crippen LogP contribution in [0.1, 0.15) is 11.1 Å². The number of thiophene rings is 1. The van der Waals surface area contributed by atoms with Gasteiger partial charge in [-0.3, -0.25) is 4.40 Å². The van der Waals surface area contributed by atoms with Gasteiger partial charge in [-0.25, -0.2) is 4.98 Å². The monoisotopic (exact) mass is 435 g/mol. The molecule has 5 heteroatoms. The molecule has 1 N–H and O–H groups in total. The average molecular weight is 436 g/mol. The van der Waals surface area contributed by atoms with Gasteiger partial charge in [-0.05, 0) is 58.5 Å². The van der Waals surface area contributed by atoms with E-state index >= 15 is 0 Å². The highest BCUT2D eigenvalue weighted by Gasteiger charge is 2.17. The van der Waals surface area contributed by atoms with Crippen LogP contribution in [-0.4, -0.2) is 16.5 Å². The Balaban J connectivity index is 0.000000306. The molecule has 0 aliphatic heterocycles. The quantitative estimate of drug-likeness (QED) is 0.322. The topological polar surface area (TPSA) is 38.6 Å². The molecule has 4 aromatic rings. The predicted molar refractivity (Wildman–Crippen MR) is 132 cm³/mol. The number of pyridine rings is 1. The van der Waals surface area contributed by atoms with Crippen LogP contribution >= 0.6 is 11.3 Å². The molecule has 3 aromatic heterocycles. The van der Waals surface area contributed by atoms with Crippen molar-refractivity contribution in [3.05, 3.63) is 95.5 Å². The maximum absolute atomic E-state index is 5.66. The van der Waals surface area contributed by atoms with Crippen LogP contribution in [0, 0.1) is 12.3 Å². The number of aromatic nitrogens is 2.